The van der Waals surface area contributed by atoms with Gasteiger partial charge in [-0.25, -0.2) is 4.79 Å². The smallest absolute Gasteiger partial charge is 0.486 e. The number of hydroxylamine groups is 2. The Balaban J connectivity index is 1.24. The number of alkyl halides is 3. The minimum Gasteiger partial charge on any atom is -0.486 e. The fourth-order valence-electron chi connectivity index (χ4n) is 5.62. The number of nitrogens with zero attached hydrogens (tertiary/aromatic N) is 7. The number of benzene rings is 1. The van der Waals surface area contributed by atoms with Crippen LogP contribution in [-0.2, 0) is 9.57 Å². The van der Waals surface area contributed by atoms with Crippen LogP contribution >= 0.6 is 0 Å². The Morgan fingerprint density at radius 2 is 1.81 bits per heavy atom. The summed E-state index contributed by atoms with van der Waals surface area (Å²) < 4.78 is 55.6. The Morgan fingerprint density at radius 3 is 2.50 bits per heavy atom. The van der Waals surface area contributed by atoms with Crippen LogP contribution in [-0.4, -0.2) is 89.4 Å². The maximum Gasteiger partial charge on any atom is 0.573 e. The Kier molecular flexibility index (Phi) is 6.74. The first kappa shape index (κ1) is 28.1. The Labute approximate surface area is 239 Å². The van der Waals surface area contributed by atoms with E-state index in [1.165, 1.54) is 18.2 Å². The molecule has 0 aliphatic carbocycles. The van der Waals surface area contributed by atoms with Gasteiger partial charge in [0, 0.05) is 44.2 Å². The van der Waals surface area contributed by atoms with E-state index in [1.54, 1.807) is 36.4 Å². The molecule has 0 radical (unpaired) electrons. The molecule has 3 aliphatic rings. The van der Waals surface area contributed by atoms with Gasteiger partial charge in [0.25, 0.3) is 0 Å². The molecule has 2 saturated heterocycles. The number of aromatic nitrogens is 4. The van der Waals surface area contributed by atoms with Crippen molar-refractivity contribution in [3.63, 3.8) is 0 Å². The minimum atomic E-state index is -4.82. The predicted molar refractivity (Wildman–Crippen MR) is 144 cm³/mol. The largest absolute Gasteiger partial charge is 0.573 e. The van der Waals surface area contributed by atoms with E-state index in [-0.39, 0.29) is 17.0 Å². The highest BCUT2D eigenvalue weighted by atomic mass is 19.4. The van der Waals surface area contributed by atoms with Crippen LogP contribution in [0, 0.1) is 5.41 Å². The van der Waals surface area contributed by atoms with Gasteiger partial charge in [0.05, 0.1) is 6.54 Å². The summed E-state index contributed by atoms with van der Waals surface area (Å²) in [6.07, 6.45) is -3.89. The molecule has 0 N–H and O–H groups in total. The maximum absolute atomic E-state index is 12.9. The van der Waals surface area contributed by atoms with Crippen molar-refractivity contribution in [2.24, 2.45) is 5.41 Å². The second-order valence-corrected chi connectivity index (χ2v) is 11.9. The van der Waals surface area contributed by atoms with E-state index >= 15 is 0 Å². The fourth-order valence-corrected chi connectivity index (χ4v) is 5.62. The Morgan fingerprint density at radius 1 is 1.07 bits per heavy atom. The third-order valence-corrected chi connectivity index (χ3v) is 7.57. The molecule has 15 heteroatoms. The first-order valence-electron chi connectivity index (χ1n) is 13.7. The van der Waals surface area contributed by atoms with Crippen molar-refractivity contribution < 1.29 is 37.0 Å². The standard InChI is InChI=1S/C27H32F3N7O5/c1-25(2,3)41-24(38)42-36-10-8-26(9-11-36)15-35(16-26)23-20-19(34(4)12-13-39-20)22-32-31-21(37(22)33-23)17-6-5-7-18(14-17)40-27(28,29)30/h5-7,14H,8-13,15-16H2,1-4H3. The number of hydrogen-bond donors (Lipinski definition) is 0. The number of ether oxygens (including phenoxy) is 3. The van der Waals surface area contributed by atoms with E-state index in [0.717, 1.165) is 25.9 Å². The van der Waals surface area contributed by atoms with Crippen LogP contribution in [0.25, 0.3) is 17.0 Å². The highest BCUT2D eigenvalue weighted by Gasteiger charge is 2.48. The predicted octanol–water partition coefficient (Wildman–Crippen LogP) is 4.29. The molecule has 1 spiro atoms. The number of carbonyl (C=O) groups is 1. The molecule has 42 heavy (non-hydrogen) atoms. The average Bonchev–Trinajstić information content (AvgIpc) is 3.29. The average molecular weight is 592 g/mol. The molecule has 2 fully saturated rings. The molecule has 3 aliphatic heterocycles. The van der Waals surface area contributed by atoms with E-state index in [0.29, 0.717) is 54.7 Å². The summed E-state index contributed by atoms with van der Waals surface area (Å²) >= 11 is 0. The number of halogens is 3. The molecule has 0 saturated carbocycles. The summed E-state index contributed by atoms with van der Waals surface area (Å²) in [7, 11) is 1.93. The van der Waals surface area contributed by atoms with Crippen molar-refractivity contribution in [2.45, 2.75) is 45.6 Å². The molecule has 6 rings (SSSR count). The summed E-state index contributed by atoms with van der Waals surface area (Å²) in [5, 5.41) is 15.1. The number of likely N-dealkylation sites (N-methyl/N-ethyl adjacent to an activating group) is 1. The molecule has 5 heterocycles. The second kappa shape index (κ2) is 10.1. The van der Waals surface area contributed by atoms with Crippen LogP contribution in [0.2, 0.25) is 0 Å². The molecule has 1 aromatic carbocycles. The molecular formula is C27H32F3N7O5. The van der Waals surface area contributed by atoms with Gasteiger partial charge in [-0.05, 0) is 45.7 Å². The van der Waals surface area contributed by atoms with Crippen LogP contribution < -0.4 is 19.3 Å². The van der Waals surface area contributed by atoms with Gasteiger partial charge in [-0.3, -0.25) is 0 Å². The van der Waals surface area contributed by atoms with Crippen LogP contribution in [0.5, 0.6) is 11.5 Å². The summed E-state index contributed by atoms with van der Waals surface area (Å²) in [5.74, 6) is 1.14. The summed E-state index contributed by atoms with van der Waals surface area (Å²) in [6.45, 7) is 9.08. The van der Waals surface area contributed by atoms with Gasteiger partial charge in [-0.15, -0.1) is 33.5 Å². The van der Waals surface area contributed by atoms with Crippen molar-refractivity contribution >= 4 is 23.3 Å². The SMILES string of the molecule is CN1CCOc2c(N3CC4(CCN(OC(=O)OC(C)(C)C)CC4)C3)nn3c(-c4cccc(OC(F)(F)F)c4)nnc3c21. The summed E-state index contributed by atoms with van der Waals surface area (Å²) in [5.41, 5.74) is 0.928. The number of rotatable bonds is 4. The van der Waals surface area contributed by atoms with Gasteiger partial charge in [0.2, 0.25) is 5.65 Å². The molecule has 2 aromatic heterocycles. The van der Waals surface area contributed by atoms with Gasteiger partial charge in [-0.1, -0.05) is 12.1 Å². The van der Waals surface area contributed by atoms with Crippen molar-refractivity contribution in [2.75, 3.05) is 56.2 Å². The first-order chi connectivity index (χ1) is 19.8. The second-order valence-electron chi connectivity index (χ2n) is 11.9. The topological polar surface area (TPSA) is 107 Å². The highest BCUT2D eigenvalue weighted by molar-refractivity contribution is 5.83. The van der Waals surface area contributed by atoms with Crippen LogP contribution in [0.3, 0.4) is 0 Å². The lowest BCUT2D eigenvalue weighted by Crippen LogP contribution is -2.61. The molecule has 0 amide bonds. The van der Waals surface area contributed by atoms with Crippen molar-refractivity contribution in [3.8, 4) is 22.9 Å². The lowest BCUT2D eigenvalue weighted by molar-refractivity contribution is -0.274. The molecular weight excluding hydrogens is 559 g/mol. The molecule has 226 valence electrons. The summed E-state index contributed by atoms with van der Waals surface area (Å²) in [6, 6.07) is 5.58. The van der Waals surface area contributed by atoms with Crippen LogP contribution in [0.1, 0.15) is 33.6 Å². The van der Waals surface area contributed by atoms with Gasteiger partial charge in [0.1, 0.15) is 23.6 Å². The first-order valence-corrected chi connectivity index (χ1v) is 13.7. The number of carbonyl (C=O) groups excluding carboxylic acids is 1. The van der Waals surface area contributed by atoms with E-state index in [1.807, 2.05) is 11.9 Å². The third kappa shape index (κ3) is 5.56. The number of anilines is 2. The zero-order valence-electron chi connectivity index (χ0n) is 23.8. The monoisotopic (exact) mass is 591 g/mol. The lowest BCUT2D eigenvalue weighted by Gasteiger charge is -2.54. The van der Waals surface area contributed by atoms with Crippen molar-refractivity contribution in [1.29, 1.82) is 0 Å². The zero-order valence-corrected chi connectivity index (χ0v) is 23.8. The molecule has 12 nitrogen and oxygen atoms in total. The highest BCUT2D eigenvalue weighted by Crippen LogP contribution is 2.48. The molecule has 3 aromatic rings. The van der Waals surface area contributed by atoms with E-state index in [9.17, 15) is 18.0 Å². The maximum atomic E-state index is 12.9. The van der Waals surface area contributed by atoms with E-state index < -0.39 is 18.1 Å². The zero-order chi connectivity index (χ0) is 29.9. The number of fused-ring (bicyclic) bond motifs is 3. The van der Waals surface area contributed by atoms with E-state index in [4.69, 9.17) is 19.4 Å². The molecule has 0 atom stereocenters. The lowest BCUT2D eigenvalue weighted by atomic mass is 9.72. The third-order valence-electron chi connectivity index (χ3n) is 7.57. The van der Waals surface area contributed by atoms with Gasteiger partial charge >= 0.3 is 12.5 Å². The van der Waals surface area contributed by atoms with Crippen LogP contribution in [0.4, 0.5) is 29.5 Å². The normalized spacial score (nSPS) is 18.8. The number of piperidine rings is 1. The quantitative estimate of drug-likeness (QED) is 0.406. The minimum absolute atomic E-state index is 0.0250. The molecule has 0 bridgehead atoms. The fraction of sp³-hybridized carbons (Fsp3) is 0.556. The Hall–Kier alpha value is -4.01. The molecule has 0 unspecified atom stereocenters. The van der Waals surface area contributed by atoms with Gasteiger partial charge in [-0.2, -0.15) is 4.52 Å². The van der Waals surface area contributed by atoms with Crippen LogP contribution in [0.15, 0.2) is 24.3 Å². The van der Waals surface area contributed by atoms with Crippen molar-refractivity contribution in [1.82, 2.24) is 24.9 Å². The number of hydrogen-bond acceptors (Lipinski definition) is 11. The van der Waals surface area contributed by atoms with E-state index in [2.05, 4.69) is 19.8 Å². The van der Waals surface area contributed by atoms with Gasteiger partial charge in [0.15, 0.2) is 17.4 Å². The Bertz CT molecular complexity index is 1490. The van der Waals surface area contributed by atoms with Gasteiger partial charge < -0.3 is 28.8 Å². The van der Waals surface area contributed by atoms with Crippen molar-refractivity contribution in [3.05, 3.63) is 24.3 Å². The summed E-state index contributed by atoms with van der Waals surface area (Å²) in [4.78, 5) is 21.6.